The van der Waals surface area contributed by atoms with Gasteiger partial charge in [-0.15, -0.1) is 13.2 Å². The molecule has 206 valence electrons. The summed E-state index contributed by atoms with van der Waals surface area (Å²) in [5.41, 5.74) is 0.860. The summed E-state index contributed by atoms with van der Waals surface area (Å²) >= 11 is 3.05. The quantitative estimate of drug-likeness (QED) is 0.325. The molecule has 1 aromatic heterocycles. The molecular formula is C25H29BrF3N5O3S. The van der Waals surface area contributed by atoms with Gasteiger partial charge in [-0.2, -0.15) is 4.98 Å². The van der Waals surface area contributed by atoms with Crippen molar-refractivity contribution >= 4 is 48.6 Å². The second kappa shape index (κ2) is 11.6. The highest BCUT2D eigenvalue weighted by Gasteiger charge is 2.34. The van der Waals surface area contributed by atoms with Gasteiger partial charge in [0.15, 0.2) is 5.75 Å². The van der Waals surface area contributed by atoms with E-state index in [9.17, 15) is 21.6 Å². The number of fused-ring (bicyclic) bond motifs is 1. The third-order valence-corrected chi connectivity index (χ3v) is 8.46. The smallest absolute Gasteiger partial charge is 0.404 e. The summed E-state index contributed by atoms with van der Waals surface area (Å²) < 4.78 is 70.6. The predicted octanol–water partition coefficient (Wildman–Crippen LogP) is 5.55. The second-order valence-electron chi connectivity index (χ2n) is 9.54. The summed E-state index contributed by atoms with van der Waals surface area (Å²) in [6.45, 7) is 0.838. The molecule has 0 bridgehead atoms. The summed E-state index contributed by atoms with van der Waals surface area (Å²) in [5, 5.41) is 4.33. The molecule has 2 N–H and O–H groups in total. The number of aromatic nitrogens is 2. The molecule has 1 heterocycles. The zero-order valence-corrected chi connectivity index (χ0v) is 23.3. The molecule has 0 unspecified atom stereocenters. The van der Waals surface area contributed by atoms with Crippen LogP contribution in [-0.2, 0) is 10.0 Å². The maximum absolute atomic E-state index is 12.8. The molecule has 13 heteroatoms. The van der Waals surface area contributed by atoms with E-state index in [1.807, 2.05) is 43.3 Å². The van der Waals surface area contributed by atoms with Crippen molar-refractivity contribution in [2.45, 2.75) is 36.9 Å². The third-order valence-electron chi connectivity index (χ3n) is 6.50. The molecule has 0 saturated heterocycles. The first-order valence-electron chi connectivity index (χ1n) is 12.1. The molecule has 8 nitrogen and oxygen atoms in total. The van der Waals surface area contributed by atoms with Crippen molar-refractivity contribution in [3.8, 4) is 5.75 Å². The van der Waals surface area contributed by atoms with Crippen LogP contribution in [-0.4, -0.2) is 51.9 Å². The van der Waals surface area contributed by atoms with Crippen LogP contribution in [0.15, 0.2) is 51.8 Å². The van der Waals surface area contributed by atoms with Crippen molar-refractivity contribution in [2.75, 3.05) is 37.4 Å². The Labute approximate surface area is 228 Å². The highest BCUT2D eigenvalue weighted by Crippen LogP contribution is 2.33. The number of nitrogens with one attached hydrogen (secondary N) is 2. The summed E-state index contributed by atoms with van der Waals surface area (Å²) in [7, 11) is -0.318. The van der Waals surface area contributed by atoms with Gasteiger partial charge in [0.2, 0.25) is 16.0 Å². The Kier molecular flexibility index (Phi) is 8.68. The Morgan fingerprint density at radius 1 is 1.03 bits per heavy atom. The summed E-state index contributed by atoms with van der Waals surface area (Å²) in [6.07, 6.45) is -1.66. The lowest BCUT2D eigenvalue weighted by molar-refractivity contribution is -0.275. The Morgan fingerprint density at radius 3 is 2.34 bits per heavy atom. The fraction of sp³-hybridized carbons (Fsp3) is 0.440. The predicted molar refractivity (Wildman–Crippen MR) is 144 cm³/mol. The number of hydrogen-bond donors (Lipinski definition) is 2. The minimum atomic E-state index is -5.01. The normalized spacial score (nSPS) is 18.4. The van der Waals surface area contributed by atoms with Gasteiger partial charge in [-0.3, -0.25) is 0 Å². The number of hydrogen-bond acceptors (Lipinski definition) is 7. The molecule has 2 aromatic carbocycles. The number of halogens is 4. The molecule has 1 fully saturated rings. The van der Waals surface area contributed by atoms with Gasteiger partial charge in [0, 0.05) is 37.0 Å². The lowest BCUT2D eigenvalue weighted by Gasteiger charge is -2.29. The zero-order chi connectivity index (χ0) is 27.5. The first-order valence-corrected chi connectivity index (χ1v) is 14.4. The highest BCUT2D eigenvalue weighted by molar-refractivity contribution is 9.10. The number of anilines is 2. The molecule has 0 radical (unpaired) electrons. The number of alkyl halides is 3. The lowest BCUT2D eigenvalue weighted by Crippen LogP contribution is -2.33. The fourth-order valence-electron chi connectivity index (χ4n) is 4.57. The average Bonchev–Trinajstić information content (AvgIpc) is 2.85. The molecule has 0 amide bonds. The van der Waals surface area contributed by atoms with E-state index in [4.69, 9.17) is 0 Å². The molecule has 38 heavy (non-hydrogen) atoms. The first kappa shape index (κ1) is 28.4. The second-order valence-corrected chi connectivity index (χ2v) is 12.2. The standard InChI is InChI=1S/C25H29BrF3N5O3S/c1-34(2)23-19-5-3-4-6-20(19)32-24(33-23)30-14-16-7-9-17(10-8-16)15-31-38(35,36)22-12-11-18(26)13-21(22)37-25(27,28)29/h3-6,11-13,16-17,31H,7-10,14-15H2,1-2H3,(H,30,32,33)/t16-,17+. The third kappa shape index (κ3) is 7.26. The van der Waals surface area contributed by atoms with E-state index in [0.717, 1.165) is 54.5 Å². The van der Waals surface area contributed by atoms with Crippen molar-refractivity contribution in [1.29, 1.82) is 0 Å². The maximum Gasteiger partial charge on any atom is 0.573 e. The molecule has 3 aromatic rings. The van der Waals surface area contributed by atoms with Gasteiger partial charge >= 0.3 is 6.36 Å². The fourth-order valence-corrected chi connectivity index (χ4v) is 6.13. The van der Waals surface area contributed by atoms with Crippen molar-refractivity contribution in [1.82, 2.24) is 14.7 Å². The SMILES string of the molecule is CN(C)c1nc(NC[C@H]2CC[C@@H](CNS(=O)(=O)c3ccc(Br)cc3OC(F)(F)F)CC2)nc2ccccc12. The van der Waals surface area contributed by atoms with Crippen LogP contribution in [0.1, 0.15) is 25.7 Å². The van der Waals surface area contributed by atoms with Gasteiger partial charge < -0.3 is 15.0 Å². The maximum atomic E-state index is 12.8. The monoisotopic (exact) mass is 615 g/mol. The molecule has 0 aliphatic heterocycles. The van der Waals surface area contributed by atoms with Crippen molar-refractivity contribution in [2.24, 2.45) is 11.8 Å². The lowest BCUT2D eigenvalue weighted by atomic mass is 9.82. The van der Waals surface area contributed by atoms with Crippen LogP contribution in [0, 0.1) is 11.8 Å². The summed E-state index contributed by atoms with van der Waals surface area (Å²) in [5.74, 6) is 1.08. The van der Waals surface area contributed by atoms with E-state index in [0.29, 0.717) is 18.4 Å². The van der Waals surface area contributed by atoms with Gasteiger partial charge in [0.1, 0.15) is 10.7 Å². The van der Waals surface area contributed by atoms with Crippen LogP contribution in [0.2, 0.25) is 0 Å². The average molecular weight is 617 g/mol. The van der Waals surface area contributed by atoms with E-state index in [-0.39, 0.29) is 16.9 Å². The van der Waals surface area contributed by atoms with Gasteiger partial charge in [-0.05, 0) is 67.9 Å². The van der Waals surface area contributed by atoms with Gasteiger partial charge in [0.25, 0.3) is 0 Å². The van der Waals surface area contributed by atoms with E-state index in [2.05, 4.69) is 40.7 Å². The Morgan fingerprint density at radius 2 is 1.68 bits per heavy atom. The van der Waals surface area contributed by atoms with Crippen LogP contribution in [0.5, 0.6) is 5.75 Å². The molecular weight excluding hydrogens is 587 g/mol. The van der Waals surface area contributed by atoms with Crippen molar-refractivity contribution < 1.29 is 26.3 Å². The molecule has 1 aliphatic rings. The van der Waals surface area contributed by atoms with E-state index < -0.39 is 27.0 Å². The largest absolute Gasteiger partial charge is 0.573 e. The number of benzene rings is 2. The van der Waals surface area contributed by atoms with E-state index in [1.165, 1.54) is 6.07 Å². The molecule has 1 aliphatic carbocycles. The highest BCUT2D eigenvalue weighted by atomic mass is 79.9. The molecule has 1 saturated carbocycles. The summed E-state index contributed by atoms with van der Waals surface area (Å²) in [4.78, 5) is 10.7. The van der Waals surface area contributed by atoms with Gasteiger partial charge in [-0.25, -0.2) is 18.1 Å². The summed E-state index contributed by atoms with van der Waals surface area (Å²) in [6, 6.07) is 11.3. The number of para-hydroxylation sites is 1. The number of nitrogens with zero attached hydrogens (tertiary/aromatic N) is 3. The van der Waals surface area contributed by atoms with Crippen LogP contribution in [0.3, 0.4) is 0 Å². The number of sulfonamides is 1. The zero-order valence-electron chi connectivity index (χ0n) is 20.9. The molecule has 0 spiro atoms. The van der Waals surface area contributed by atoms with Crippen LogP contribution in [0.4, 0.5) is 24.9 Å². The number of rotatable bonds is 9. The molecule has 4 rings (SSSR count). The first-order chi connectivity index (χ1) is 17.9. The molecule has 0 atom stereocenters. The Balaban J connectivity index is 1.31. The van der Waals surface area contributed by atoms with Crippen LogP contribution in [0.25, 0.3) is 10.9 Å². The van der Waals surface area contributed by atoms with Gasteiger partial charge in [0.05, 0.1) is 5.52 Å². The number of ether oxygens (including phenoxy) is 1. The van der Waals surface area contributed by atoms with Crippen LogP contribution >= 0.6 is 15.9 Å². The minimum absolute atomic E-state index is 0.0840. The minimum Gasteiger partial charge on any atom is -0.404 e. The topological polar surface area (TPSA) is 96.5 Å². The van der Waals surface area contributed by atoms with Gasteiger partial charge in [-0.1, -0.05) is 28.1 Å². The Bertz CT molecular complexity index is 1380. The van der Waals surface area contributed by atoms with E-state index >= 15 is 0 Å². The van der Waals surface area contributed by atoms with Crippen LogP contribution < -0.4 is 19.7 Å². The van der Waals surface area contributed by atoms with E-state index in [1.54, 1.807) is 0 Å². The van der Waals surface area contributed by atoms with Crippen molar-refractivity contribution in [3.05, 3.63) is 46.9 Å². The Hall–Kier alpha value is -2.64. The van der Waals surface area contributed by atoms with Crippen molar-refractivity contribution in [3.63, 3.8) is 0 Å².